The summed E-state index contributed by atoms with van der Waals surface area (Å²) in [5.74, 6) is -0.397. The van der Waals surface area contributed by atoms with E-state index in [2.05, 4.69) is 58.5 Å². The lowest BCUT2D eigenvalue weighted by molar-refractivity contribution is -0.133. The fourth-order valence-corrected chi connectivity index (χ4v) is 5.04. The molecule has 4 atom stereocenters. The van der Waals surface area contributed by atoms with Gasteiger partial charge in [0.25, 0.3) is 0 Å². The summed E-state index contributed by atoms with van der Waals surface area (Å²) in [7, 11) is 0. The third kappa shape index (κ3) is 3.59. The number of fused-ring (bicyclic) bond motifs is 1. The van der Waals surface area contributed by atoms with Crippen LogP contribution in [0.2, 0.25) is 0 Å². The van der Waals surface area contributed by atoms with Crippen LogP contribution in [-0.2, 0) is 15.0 Å². The highest BCUT2D eigenvalue weighted by Crippen LogP contribution is 2.52. The molecule has 3 rings (SSSR count). The number of carbonyl (C=O) groups excluding carboxylic acids is 1. The van der Waals surface area contributed by atoms with E-state index in [1.54, 1.807) is 0 Å². The van der Waals surface area contributed by atoms with Crippen molar-refractivity contribution >= 4 is 11.8 Å². The summed E-state index contributed by atoms with van der Waals surface area (Å²) in [6.07, 6.45) is 2.27. The second-order valence-corrected chi connectivity index (χ2v) is 9.66. The predicted octanol–water partition coefficient (Wildman–Crippen LogP) is 5.66. The highest BCUT2D eigenvalue weighted by molar-refractivity contribution is 5.99. The van der Waals surface area contributed by atoms with Crippen LogP contribution in [0.1, 0.15) is 70.9 Å². The molecule has 1 saturated carbocycles. The fraction of sp³-hybridized carbons (Fsp3) is 0.520. The Labute approximate surface area is 168 Å². The molecule has 3 nitrogen and oxygen atoms in total. The van der Waals surface area contributed by atoms with Crippen LogP contribution < -0.4 is 0 Å². The van der Waals surface area contributed by atoms with Crippen LogP contribution >= 0.6 is 0 Å². The first-order valence-corrected chi connectivity index (χ1v) is 10.3. The van der Waals surface area contributed by atoms with Gasteiger partial charge in [0, 0.05) is 23.8 Å². The number of rotatable bonds is 3. The first kappa shape index (κ1) is 20.6. The Hall–Kier alpha value is -2.16. The average molecular weight is 381 g/mol. The molecule has 2 aliphatic carbocycles. The van der Waals surface area contributed by atoms with Crippen LogP contribution in [0, 0.1) is 17.8 Å². The summed E-state index contributed by atoms with van der Waals surface area (Å²) in [6, 6.07) is 8.55. The molecular weight excluding hydrogens is 348 g/mol. The molecule has 0 saturated heterocycles. The SMILES string of the molecule is C=C(C(=O)O)[C@@H]1CC[C@H](C)[C@@H]2CC(=O)C(C)=C2C1c1ccc(C(C)(C)C)cc1. The molecule has 3 heteroatoms. The highest BCUT2D eigenvalue weighted by Gasteiger charge is 2.44. The number of carboxylic acid groups (broad SMARTS) is 1. The molecule has 0 bridgehead atoms. The van der Waals surface area contributed by atoms with E-state index in [-0.39, 0.29) is 34.5 Å². The van der Waals surface area contributed by atoms with E-state index in [9.17, 15) is 14.7 Å². The molecule has 0 heterocycles. The molecule has 150 valence electrons. The molecule has 1 aromatic carbocycles. The first-order chi connectivity index (χ1) is 13.0. The van der Waals surface area contributed by atoms with Crippen molar-refractivity contribution in [3.8, 4) is 0 Å². The van der Waals surface area contributed by atoms with E-state index >= 15 is 0 Å². The Morgan fingerprint density at radius 1 is 1.14 bits per heavy atom. The molecule has 0 aromatic heterocycles. The highest BCUT2D eigenvalue weighted by atomic mass is 16.4. The molecule has 0 amide bonds. The first-order valence-electron chi connectivity index (χ1n) is 10.3. The van der Waals surface area contributed by atoms with Crippen molar-refractivity contribution in [2.75, 3.05) is 0 Å². The summed E-state index contributed by atoms with van der Waals surface area (Å²) in [4.78, 5) is 24.4. The number of carbonyl (C=O) groups is 2. The predicted molar refractivity (Wildman–Crippen MR) is 112 cm³/mol. The maximum absolute atomic E-state index is 12.6. The van der Waals surface area contributed by atoms with Gasteiger partial charge >= 0.3 is 5.97 Å². The van der Waals surface area contributed by atoms with Gasteiger partial charge in [-0.05, 0) is 53.7 Å². The number of Topliss-reactive ketones (excluding diaryl/α,β-unsaturated/α-hetero) is 1. The van der Waals surface area contributed by atoms with Crippen LogP contribution in [0.15, 0.2) is 47.6 Å². The van der Waals surface area contributed by atoms with Crippen molar-refractivity contribution in [3.63, 3.8) is 0 Å². The second-order valence-electron chi connectivity index (χ2n) is 9.66. The minimum absolute atomic E-state index is 0.0571. The number of allylic oxidation sites excluding steroid dienone is 2. The lowest BCUT2D eigenvalue weighted by atomic mass is 9.73. The summed E-state index contributed by atoms with van der Waals surface area (Å²) >= 11 is 0. The number of carboxylic acids is 1. The minimum atomic E-state index is -0.935. The van der Waals surface area contributed by atoms with Gasteiger partial charge in [0.15, 0.2) is 5.78 Å². The minimum Gasteiger partial charge on any atom is -0.478 e. The number of hydrogen-bond acceptors (Lipinski definition) is 2. The fourth-order valence-electron chi connectivity index (χ4n) is 5.04. The topological polar surface area (TPSA) is 54.4 Å². The van der Waals surface area contributed by atoms with Crippen molar-refractivity contribution < 1.29 is 14.7 Å². The number of hydrogen-bond donors (Lipinski definition) is 1. The monoisotopic (exact) mass is 380 g/mol. The van der Waals surface area contributed by atoms with Crippen molar-refractivity contribution in [1.29, 1.82) is 0 Å². The van der Waals surface area contributed by atoms with Gasteiger partial charge in [0.2, 0.25) is 0 Å². The zero-order valence-corrected chi connectivity index (χ0v) is 17.7. The number of aliphatic carboxylic acids is 1. The normalized spacial score (nSPS) is 28.1. The molecule has 0 spiro atoms. The van der Waals surface area contributed by atoms with Gasteiger partial charge in [0.05, 0.1) is 0 Å². The van der Waals surface area contributed by atoms with Gasteiger partial charge in [-0.25, -0.2) is 4.79 Å². The van der Waals surface area contributed by atoms with Gasteiger partial charge in [0.1, 0.15) is 0 Å². The Morgan fingerprint density at radius 3 is 2.29 bits per heavy atom. The average Bonchev–Trinajstić information content (AvgIpc) is 2.83. The van der Waals surface area contributed by atoms with Crippen molar-refractivity contribution in [1.82, 2.24) is 0 Å². The van der Waals surface area contributed by atoms with E-state index < -0.39 is 5.97 Å². The van der Waals surface area contributed by atoms with Gasteiger partial charge < -0.3 is 5.11 Å². The standard InChI is InChI=1S/C25H32O3/c1-14-7-12-19(15(2)24(27)28)23(22-16(3)21(26)13-20(14)22)17-8-10-18(11-9-17)25(4,5)6/h8-11,14,19-20,23H,2,7,12-13H2,1,3-6H3,(H,27,28)/t14-,19-,20-,23?/m0/s1. The number of ketones is 1. The van der Waals surface area contributed by atoms with Crippen molar-refractivity contribution in [2.24, 2.45) is 17.8 Å². The van der Waals surface area contributed by atoms with E-state index in [0.29, 0.717) is 12.3 Å². The van der Waals surface area contributed by atoms with Crippen molar-refractivity contribution in [2.45, 2.75) is 65.2 Å². The largest absolute Gasteiger partial charge is 0.478 e. The zero-order chi connectivity index (χ0) is 20.8. The van der Waals surface area contributed by atoms with E-state index in [0.717, 1.165) is 29.6 Å². The van der Waals surface area contributed by atoms with E-state index in [4.69, 9.17) is 0 Å². The molecule has 1 aromatic rings. The van der Waals surface area contributed by atoms with Gasteiger partial charge in [-0.1, -0.05) is 64.1 Å². The summed E-state index contributed by atoms with van der Waals surface area (Å²) in [6.45, 7) is 14.6. The molecule has 1 fully saturated rings. The molecule has 0 aliphatic heterocycles. The lowest BCUT2D eigenvalue weighted by Crippen LogP contribution is -2.22. The third-order valence-corrected chi connectivity index (χ3v) is 6.87. The van der Waals surface area contributed by atoms with Gasteiger partial charge in [-0.2, -0.15) is 0 Å². The lowest BCUT2D eigenvalue weighted by Gasteiger charge is -2.30. The summed E-state index contributed by atoms with van der Waals surface area (Å²) in [5, 5.41) is 9.68. The molecular formula is C25H32O3. The van der Waals surface area contributed by atoms with Crippen LogP contribution in [0.4, 0.5) is 0 Å². The molecule has 0 radical (unpaired) electrons. The second kappa shape index (κ2) is 7.35. The van der Waals surface area contributed by atoms with Gasteiger partial charge in [-0.15, -0.1) is 0 Å². The Bertz CT molecular complexity index is 836. The Kier molecular flexibility index (Phi) is 5.40. The van der Waals surface area contributed by atoms with Crippen LogP contribution in [0.5, 0.6) is 0 Å². The maximum Gasteiger partial charge on any atom is 0.331 e. The molecule has 1 N–H and O–H groups in total. The van der Waals surface area contributed by atoms with E-state index in [1.165, 1.54) is 5.56 Å². The Morgan fingerprint density at radius 2 is 1.75 bits per heavy atom. The van der Waals surface area contributed by atoms with Crippen LogP contribution in [-0.4, -0.2) is 16.9 Å². The summed E-state index contributed by atoms with van der Waals surface area (Å²) < 4.78 is 0. The molecule has 2 aliphatic rings. The number of benzene rings is 1. The third-order valence-electron chi connectivity index (χ3n) is 6.87. The van der Waals surface area contributed by atoms with Crippen LogP contribution in [0.25, 0.3) is 0 Å². The maximum atomic E-state index is 12.6. The Balaban J connectivity index is 2.16. The van der Waals surface area contributed by atoms with Gasteiger partial charge in [-0.3, -0.25) is 4.79 Å². The van der Waals surface area contributed by atoms with Crippen molar-refractivity contribution in [3.05, 3.63) is 58.7 Å². The quantitative estimate of drug-likeness (QED) is 0.688. The smallest absolute Gasteiger partial charge is 0.331 e. The van der Waals surface area contributed by atoms with E-state index in [1.807, 2.05) is 6.92 Å². The summed E-state index contributed by atoms with van der Waals surface area (Å²) in [5.41, 5.74) is 4.66. The molecule has 1 unspecified atom stereocenters. The zero-order valence-electron chi connectivity index (χ0n) is 17.7. The van der Waals surface area contributed by atoms with Crippen LogP contribution in [0.3, 0.4) is 0 Å². The molecule has 28 heavy (non-hydrogen) atoms.